The van der Waals surface area contributed by atoms with Crippen LogP contribution in [0.2, 0.25) is 0 Å². The van der Waals surface area contributed by atoms with E-state index in [1.54, 1.807) is 25.4 Å². The van der Waals surface area contributed by atoms with Gasteiger partial charge in [0.15, 0.2) is 0 Å². The highest BCUT2D eigenvalue weighted by molar-refractivity contribution is 7.89. The van der Waals surface area contributed by atoms with Gasteiger partial charge in [0.05, 0.1) is 23.3 Å². The SMILES string of the molecule is CCN1CCN(S(=O)(=O)c2cnc3onc(C)c3c2)C[C@@H]1c1ncc[nH]1. The molecule has 26 heavy (non-hydrogen) atoms. The van der Waals surface area contributed by atoms with Crippen LogP contribution in [-0.2, 0) is 10.0 Å². The van der Waals surface area contributed by atoms with Crippen molar-refractivity contribution < 1.29 is 12.9 Å². The van der Waals surface area contributed by atoms with Crippen LogP contribution in [0.25, 0.3) is 11.1 Å². The molecule has 10 heteroatoms. The number of aromatic amines is 1. The summed E-state index contributed by atoms with van der Waals surface area (Å²) in [6.45, 7) is 6.05. The Hall–Kier alpha value is -2.30. The van der Waals surface area contributed by atoms with Crippen LogP contribution in [-0.4, -0.2) is 63.9 Å². The highest BCUT2D eigenvalue weighted by Crippen LogP contribution is 2.28. The van der Waals surface area contributed by atoms with Gasteiger partial charge < -0.3 is 9.51 Å². The normalized spacial score (nSPS) is 20.0. The molecule has 0 unspecified atom stereocenters. The zero-order valence-corrected chi connectivity index (χ0v) is 15.4. The van der Waals surface area contributed by atoms with Gasteiger partial charge in [-0.3, -0.25) is 4.90 Å². The van der Waals surface area contributed by atoms with E-state index in [1.165, 1.54) is 10.5 Å². The Morgan fingerprint density at radius 3 is 2.92 bits per heavy atom. The zero-order chi connectivity index (χ0) is 18.3. The third-order valence-corrected chi connectivity index (χ3v) is 6.65. The number of fused-ring (bicyclic) bond motifs is 1. The van der Waals surface area contributed by atoms with Crippen molar-refractivity contribution in [3.63, 3.8) is 0 Å². The fraction of sp³-hybridized carbons (Fsp3) is 0.438. The number of sulfonamides is 1. The Kier molecular flexibility index (Phi) is 4.25. The molecule has 0 aromatic carbocycles. The fourth-order valence-electron chi connectivity index (χ4n) is 3.33. The van der Waals surface area contributed by atoms with Gasteiger partial charge in [0, 0.05) is 32.0 Å². The standard InChI is InChI=1S/C16H20N6O3S/c1-3-21-6-7-22(10-14(21)15-17-4-5-18-15)26(23,24)12-8-13-11(2)20-25-16(13)19-9-12/h4-5,8-9,14H,3,6-7,10H2,1-2H3,(H,17,18)/t14-/m1/s1. The second kappa shape index (κ2) is 6.45. The number of nitrogens with zero attached hydrogens (tertiary/aromatic N) is 5. The Morgan fingerprint density at radius 1 is 1.35 bits per heavy atom. The number of nitrogens with one attached hydrogen (secondary N) is 1. The van der Waals surface area contributed by atoms with Crippen LogP contribution in [0.4, 0.5) is 0 Å². The number of hydrogen-bond acceptors (Lipinski definition) is 7. The molecule has 4 heterocycles. The van der Waals surface area contributed by atoms with Crippen molar-refractivity contribution in [3.8, 4) is 0 Å². The average molecular weight is 376 g/mol. The maximum Gasteiger partial charge on any atom is 0.257 e. The van der Waals surface area contributed by atoms with E-state index in [0.717, 1.165) is 12.4 Å². The molecule has 1 aliphatic heterocycles. The maximum absolute atomic E-state index is 13.2. The molecule has 1 saturated heterocycles. The van der Waals surface area contributed by atoms with E-state index in [0.29, 0.717) is 36.4 Å². The summed E-state index contributed by atoms with van der Waals surface area (Å²) in [7, 11) is -3.67. The van der Waals surface area contributed by atoms with Gasteiger partial charge in [-0.05, 0) is 19.5 Å². The summed E-state index contributed by atoms with van der Waals surface area (Å²) in [4.78, 5) is 13.9. The quantitative estimate of drug-likeness (QED) is 0.731. The number of aromatic nitrogens is 4. The minimum atomic E-state index is -3.67. The van der Waals surface area contributed by atoms with E-state index in [4.69, 9.17) is 4.52 Å². The molecule has 3 aromatic heterocycles. The van der Waals surface area contributed by atoms with E-state index in [1.807, 2.05) is 0 Å². The first-order valence-corrected chi connectivity index (χ1v) is 9.90. The van der Waals surface area contributed by atoms with Gasteiger partial charge in [-0.2, -0.15) is 4.31 Å². The molecule has 9 nitrogen and oxygen atoms in total. The van der Waals surface area contributed by atoms with Gasteiger partial charge >= 0.3 is 0 Å². The number of H-pyrrole nitrogens is 1. The highest BCUT2D eigenvalue weighted by Gasteiger charge is 2.35. The highest BCUT2D eigenvalue weighted by atomic mass is 32.2. The van der Waals surface area contributed by atoms with Gasteiger partial charge in [-0.1, -0.05) is 12.1 Å². The third kappa shape index (κ3) is 2.79. The lowest BCUT2D eigenvalue weighted by Gasteiger charge is -2.39. The van der Waals surface area contributed by atoms with Gasteiger partial charge in [0.2, 0.25) is 10.0 Å². The molecule has 1 atom stereocenters. The molecule has 0 spiro atoms. The number of aryl methyl sites for hydroxylation is 1. The minimum Gasteiger partial charge on any atom is -0.347 e. The molecule has 0 aliphatic carbocycles. The molecule has 3 aromatic rings. The molecule has 1 fully saturated rings. The summed E-state index contributed by atoms with van der Waals surface area (Å²) in [5.41, 5.74) is 0.958. The van der Waals surface area contributed by atoms with Crippen molar-refractivity contribution >= 4 is 21.1 Å². The number of rotatable bonds is 4. The molecule has 1 N–H and O–H groups in total. The Balaban J connectivity index is 1.67. The Morgan fingerprint density at radius 2 is 2.19 bits per heavy atom. The van der Waals surface area contributed by atoms with Crippen molar-refractivity contribution in [1.29, 1.82) is 0 Å². The first-order valence-electron chi connectivity index (χ1n) is 8.46. The summed E-state index contributed by atoms with van der Waals surface area (Å²) < 4.78 is 32.9. The smallest absolute Gasteiger partial charge is 0.257 e. The van der Waals surface area contributed by atoms with E-state index in [9.17, 15) is 8.42 Å². The van der Waals surface area contributed by atoms with Crippen LogP contribution in [0.1, 0.15) is 24.5 Å². The van der Waals surface area contributed by atoms with E-state index in [-0.39, 0.29) is 10.9 Å². The fourth-order valence-corrected chi connectivity index (χ4v) is 4.74. The number of likely N-dealkylation sites (N-methyl/N-ethyl adjacent to an activating group) is 1. The van der Waals surface area contributed by atoms with Crippen molar-refractivity contribution in [1.82, 2.24) is 29.3 Å². The monoisotopic (exact) mass is 376 g/mol. The van der Waals surface area contributed by atoms with E-state index in [2.05, 4.69) is 31.9 Å². The first kappa shape index (κ1) is 17.1. The second-order valence-corrected chi connectivity index (χ2v) is 8.21. The van der Waals surface area contributed by atoms with Gasteiger partial charge in [0.1, 0.15) is 10.7 Å². The molecular formula is C16H20N6O3S. The van der Waals surface area contributed by atoms with E-state index >= 15 is 0 Å². The minimum absolute atomic E-state index is 0.104. The molecule has 0 saturated carbocycles. The van der Waals surface area contributed by atoms with Gasteiger partial charge in [-0.15, -0.1) is 0 Å². The third-order valence-electron chi connectivity index (χ3n) is 4.82. The van der Waals surface area contributed by atoms with Crippen LogP contribution in [0, 0.1) is 6.92 Å². The molecule has 1 aliphatic rings. The topological polar surface area (TPSA) is 108 Å². The zero-order valence-electron chi connectivity index (χ0n) is 14.6. The predicted octanol–water partition coefficient (Wildman–Crippen LogP) is 1.32. The van der Waals surface area contributed by atoms with E-state index < -0.39 is 10.0 Å². The van der Waals surface area contributed by atoms with Crippen molar-refractivity contribution in [3.05, 3.63) is 36.2 Å². The average Bonchev–Trinajstić information content (AvgIpc) is 3.31. The second-order valence-electron chi connectivity index (χ2n) is 6.27. The number of piperazine rings is 1. The van der Waals surface area contributed by atoms with Crippen molar-refractivity contribution in [2.75, 3.05) is 26.2 Å². The Bertz CT molecular complexity index is 1010. The van der Waals surface area contributed by atoms with Crippen molar-refractivity contribution in [2.24, 2.45) is 0 Å². The summed E-state index contributed by atoms with van der Waals surface area (Å²) >= 11 is 0. The van der Waals surface area contributed by atoms with Crippen LogP contribution in [0.3, 0.4) is 0 Å². The van der Waals surface area contributed by atoms with Crippen LogP contribution in [0.15, 0.2) is 34.1 Å². The maximum atomic E-state index is 13.2. The lowest BCUT2D eigenvalue weighted by atomic mass is 10.2. The molecule has 0 amide bonds. The summed E-state index contributed by atoms with van der Waals surface area (Å²) in [5, 5.41) is 4.45. The molecule has 0 bridgehead atoms. The lowest BCUT2D eigenvalue weighted by Crippen LogP contribution is -2.50. The van der Waals surface area contributed by atoms with Gasteiger partial charge in [-0.25, -0.2) is 18.4 Å². The van der Waals surface area contributed by atoms with Crippen LogP contribution < -0.4 is 0 Å². The summed E-state index contributed by atoms with van der Waals surface area (Å²) in [6, 6.07) is 1.48. The lowest BCUT2D eigenvalue weighted by molar-refractivity contribution is 0.119. The molecular weight excluding hydrogens is 356 g/mol. The first-order chi connectivity index (χ1) is 12.5. The summed E-state index contributed by atoms with van der Waals surface area (Å²) in [6.07, 6.45) is 4.77. The van der Waals surface area contributed by atoms with Crippen molar-refractivity contribution in [2.45, 2.75) is 24.8 Å². The van der Waals surface area contributed by atoms with Gasteiger partial charge in [0.25, 0.3) is 5.71 Å². The number of hydrogen-bond donors (Lipinski definition) is 1. The largest absolute Gasteiger partial charge is 0.347 e. The number of pyridine rings is 1. The van der Waals surface area contributed by atoms with Crippen LogP contribution >= 0.6 is 0 Å². The number of imidazole rings is 1. The predicted molar refractivity (Wildman–Crippen MR) is 93.9 cm³/mol. The Labute approximate surface area is 151 Å². The molecule has 138 valence electrons. The molecule has 4 rings (SSSR count). The molecule has 0 radical (unpaired) electrons. The summed E-state index contributed by atoms with van der Waals surface area (Å²) in [5.74, 6) is 0.773. The van der Waals surface area contributed by atoms with Crippen LogP contribution in [0.5, 0.6) is 0 Å².